The predicted octanol–water partition coefficient (Wildman–Crippen LogP) is 3.70. The zero-order valence-corrected chi connectivity index (χ0v) is 34.6. The Labute approximate surface area is 340 Å². The molecule has 0 spiro atoms. The average Bonchev–Trinajstić information content (AvgIpc) is 3.39. The van der Waals surface area contributed by atoms with Crippen LogP contribution in [0.15, 0.2) is 46.6 Å². The van der Waals surface area contributed by atoms with E-state index in [2.05, 4.69) is 13.8 Å². The molecule has 1 saturated heterocycles. The number of aliphatic hydroxyl groups is 4. The van der Waals surface area contributed by atoms with E-state index in [0.717, 1.165) is 18.4 Å². The molecule has 10 atom stereocenters. The van der Waals surface area contributed by atoms with Crippen molar-refractivity contribution in [3.63, 3.8) is 0 Å². The molecule has 3 aliphatic carbocycles. The Bertz CT molecular complexity index is 1700. The number of carbonyl (C=O) groups excluding carboxylic acids is 4. The maximum absolute atomic E-state index is 13.9. The molecule has 2 aliphatic heterocycles. The van der Waals surface area contributed by atoms with Crippen LogP contribution in [0.5, 0.6) is 0 Å². The molecule has 14 heteroatoms. The van der Waals surface area contributed by atoms with Gasteiger partial charge in [-0.15, -0.1) is 0 Å². The van der Waals surface area contributed by atoms with Crippen LogP contribution >= 0.6 is 0 Å². The van der Waals surface area contributed by atoms with Crippen molar-refractivity contribution in [2.24, 2.45) is 65.1 Å². The highest BCUT2D eigenvalue weighted by molar-refractivity contribution is 5.91. The number of hydrogen-bond donors (Lipinski definition) is 5. The number of esters is 4. The number of aliphatic carboxylic acids is 1. The number of carboxylic acids is 1. The van der Waals surface area contributed by atoms with Crippen molar-refractivity contribution >= 4 is 29.8 Å². The van der Waals surface area contributed by atoms with Crippen LogP contribution in [-0.4, -0.2) is 106 Å². The Morgan fingerprint density at radius 2 is 1.43 bits per heavy atom. The van der Waals surface area contributed by atoms with Crippen molar-refractivity contribution in [2.75, 3.05) is 39.6 Å². The number of carbonyl (C=O) groups is 5. The number of ether oxygens (including phenoxy) is 4. The zero-order valence-electron chi connectivity index (χ0n) is 34.6. The average molecular weight is 815 g/mol. The Hall–Kier alpha value is -3.85. The highest BCUT2D eigenvalue weighted by atomic mass is 16.6. The fourth-order valence-corrected chi connectivity index (χ4v) is 10.3. The number of hydrogen-bond acceptors (Lipinski definition) is 13. The molecular weight excluding hydrogens is 752 g/mol. The quantitative estimate of drug-likeness (QED) is 0.0731. The van der Waals surface area contributed by atoms with Crippen LogP contribution in [0.4, 0.5) is 0 Å². The van der Waals surface area contributed by atoms with Gasteiger partial charge in [-0.2, -0.15) is 0 Å². The molecule has 2 saturated carbocycles. The van der Waals surface area contributed by atoms with Gasteiger partial charge in [0.15, 0.2) is 5.60 Å². The van der Waals surface area contributed by atoms with Gasteiger partial charge in [0.25, 0.3) is 0 Å². The van der Waals surface area contributed by atoms with Gasteiger partial charge in [0.05, 0.1) is 42.5 Å². The first-order chi connectivity index (χ1) is 27.4. The van der Waals surface area contributed by atoms with E-state index >= 15 is 0 Å². The fourth-order valence-electron chi connectivity index (χ4n) is 10.3. The van der Waals surface area contributed by atoms with E-state index in [9.17, 15) is 49.5 Å². The van der Waals surface area contributed by atoms with E-state index in [4.69, 9.17) is 18.9 Å². The molecule has 0 bridgehead atoms. The summed E-state index contributed by atoms with van der Waals surface area (Å²) in [7, 11) is 0. The SMILES string of the molecule is CC(C)C1CCC(CO)=CC1C=C(CO)C(=O)OC12CCC(C(C)C)C(C=C(CO)C(=O)OCC3(O)CCC(C(C)C)C4C=C(C(=O)O)COC(=O)C43)C1C(=O)OC2. The third kappa shape index (κ3) is 9.30. The molecule has 0 radical (unpaired) electrons. The topological polar surface area (TPSA) is 223 Å². The third-order valence-electron chi connectivity index (χ3n) is 13.6. The van der Waals surface area contributed by atoms with Gasteiger partial charge >= 0.3 is 29.8 Å². The Morgan fingerprint density at radius 3 is 2.03 bits per heavy atom. The first-order valence-electron chi connectivity index (χ1n) is 20.7. The van der Waals surface area contributed by atoms with Crippen molar-refractivity contribution in [1.82, 2.24) is 0 Å². The summed E-state index contributed by atoms with van der Waals surface area (Å²) in [6.45, 7) is 9.16. The highest BCUT2D eigenvalue weighted by Gasteiger charge is 2.61. The summed E-state index contributed by atoms with van der Waals surface area (Å²) in [5.41, 5.74) is -2.77. The van der Waals surface area contributed by atoms with E-state index in [0.29, 0.717) is 12.8 Å². The van der Waals surface area contributed by atoms with Crippen molar-refractivity contribution in [3.8, 4) is 0 Å². The molecule has 5 aliphatic rings. The van der Waals surface area contributed by atoms with Gasteiger partial charge in [-0.25, -0.2) is 14.4 Å². The number of rotatable bonds is 14. The molecule has 2 heterocycles. The van der Waals surface area contributed by atoms with E-state index in [1.165, 1.54) is 12.2 Å². The standard InChI is InChI=1S/C44H62O14/c1-23(2)31-8-7-26(17-45)13-27(31)14-28(18-46)40(51)58-44-12-10-33(25(5)6)35(37(44)42(53)57-22-44)15-29(19-47)39(50)56-21-43(54)11-9-32(24(3)4)34-16-30(38(48)49)20-55-41(52)36(34)43/h13-16,23-25,27,31-37,45-47,54H,7-12,17-22H2,1-6H3,(H,48,49). The van der Waals surface area contributed by atoms with Crippen LogP contribution in [0, 0.1) is 65.1 Å². The van der Waals surface area contributed by atoms with Gasteiger partial charge in [0.2, 0.25) is 0 Å². The number of carboxylic acid groups (broad SMARTS) is 1. The Morgan fingerprint density at radius 1 is 0.810 bits per heavy atom. The molecule has 0 aromatic heterocycles. The molecule has 0 aromatic rings. The van der Waals surface area contributed by atoms with Gasteiger partial charge < -0.3 is 44.5 Å². The van der Waals surface area contributed by atoms with E-state index in [1.807, 2.05) is 33.8 Å². The molecule has 5 rings (SSSR count). The van der Waals surface area contributed by atoms with Crippen molar-refractivity contribution < 1.29 is 68.5 Å². The Kier molecular flexibility index (Phi) is 14.5. The number of cyclic esters (lactones) is 2. The summed E-state index contributed by atoms with van der Waals surface area (Å²) in [6.07, 6.45) is 9.34. The minimum Gasteiger partial charge on any atom is -0.478 e. The van der Waals surface area contributed by atoms with Gasteiger partial charge in [-0.1, -0.05) is 65.8 Å². The first kappa shape index (κ1) is 45.2. The van der Waals surface area contributed by atoms with Crippen molar-refractivity contribution in [3.05, 3.63) is 46.6 Å². The molecule has 10 unspecified atom stereocenters. The maximum Gasteiger partial charge on any atom is 0.336 e. The van der Waals surface area contributed by atoms with Crippen LogP contribution < -0.4 is 0 Å². The second kappa shape index (κ2) is 18.6. The monoisotopic (exact) mass is 814 g/mol. The van der Waals surface area contributed by atoms with Gasteiger partial charge in [0.1, 0.15) is 31.3 Å². The van der Waals surface area contributed by atoms with Crippen LogP contribution in [0.2, 0.25) is 0 Å². The lowest BCUT2D eigenvalue weighted by Crippen LogP contribution is -2.55. The molecule has 58 heavy (non-hydrogen) atoms. The lowest BCUT2D eigenvalue weighted by atomic mass is 9.61. The lowest BCUT2D eigenvalue weighted by Gasteiger charge is -2.46. The summed E-state index contributed by atoms with van der Waals surface area (Å²) in [5, 5.41) is 52.4. The number of aliphatic hydroxyl groups excluding tert-OH is 3. The molecule has 5 N–H and O–H groups in total. The zero-order chi connectivity index (χ0) is 42.7. The summed E-state index contributed by atoms with van der Waals surface area (Å²) < 4.78 is 22.7. The molecule has 14 nitrogen and oxygen atoms in total. The van der Waals surface area contributed by atoms with Crippen molar-refractivity contribution in [1.29, 1.82) is 0 Å². The smallest absolute Gasteiger partial charge is 0.336 e. The highest BCUT2D eigenvalue weighted by Crippen LogP contribution is 2.52. The van der Waals surface area contributed by atoms with Crippen LogP contribution in [0.1, 0.15) is 80.1 Å². The normalized spacial score (nSPS) is 34.4. The molecule has 3 fully saturated rings. The van der Waals surface area contributed by atoms with Crippen LogP contribution in [0.25, 0.3) is 0 Å². The first-order valence-corrected chi connectivity index (χ1v) is 20.7. The molecule has 322 valence electrons. The van der Waals surface area contributed by atoms with Crippen LogP contribution in [0.3, 0.4) is 0 Å². The minimum atomic E-state index is -1.90. The maximum atomic E-state index is 13.9. The summed E-state index contributed by atoms with van der Waals surface area (Å²) in [5.74, 6) is -8.32. The van der Waals surface area contributed by atoms with Gasteiger partial charge in [-0.3, -0.25) is 9.59 Å². The van der Waals surface area contributed by atoms with Gasteiger partial charge in [0, 0.05) is 0 Å². The van der Waals surface area contributed by atoms with E-state index in [1.54, 1.807) is 6.08 Å². The molecule has 0 aromatic carbocycles. The molecular formula is C44H62O14. The minimum absolute atomic E-state index is 0.0160. The lowest BCUT2D eigenvalue weighted by molar-refractivity contribution is -0.181. The fraction of sp³-hybridized carbons (Fsp3) is 0.705. The third-order valence-corrected chi connectivity index (χ3v) is 13.6. The van der Waals surface area contributed by atoms with Crippen molar-refractivity contribution in [2.45, 2.75) is 91.3 Å². The second-order valence-corrected chi connectivity index (χ2v) is 18.1. The van der Waals surface area contributed by atoms with Crippen LogP contribution in [-0.2, 0) is 42.9 Å². The summed E-state index contributed by atoms with van der Waals surface area (Å²) in [6, 6.07) is 0. The summed E-state index contributed by atoms with van der Waals surface area (Å²) in [4.78, 5) is 66.6. The number of fused-ring (bicyclic) bond motifs is 2. The molecule has 0 amide bonds. The van der Waals surface area contributed by atoms with Gasteiger partial charge in [-0.05, 0) is 97.4 Å². The number of allylic oxidation sites excluding steroid dienone is 4. The summed E-state index contributed by atoms with van der Waals surface area (Å²) >= 11 is 0. The predicted molar refractivity (Wildman–Crippen MR) is 208 cm³/mol. The van der Waals surface area contributed by atoms with E-state index in [-0.39, 0.29) is 84.2 Å². The second-order valence-electron chi connectivity index (χ2n) is 18.1. The Balaban J connectivity index is 1.41. The van der Waals surface area contributed by atoms with E-state index < -0.39 is 91.1 Å². The largest absolute Gasteiger partial charge is 0.478 e.